The van der Waals surface area contributed by atoms with E-state index in [2.05, 4.69) is 154 Å². The van der Waals surface area contributed by atoms with Gasteiger partial charge in [-0.3, -0.25) is 0 Å². The van der Waals surface area contributed by atoms with E-state index in [1.165, 1.54) is 118 Å². The van der Waals surface area contributed by atoms with E-state index in [9.17, 15) is 0 Å². The van der Waals surface area contributed by atoms with Crippen LogP contribution in [0.15, 0.2) is 127 Å². The molecule has 0 aliphatic heterocycles. The lowest BCUT2D eigenvalue weighted by Crippen LogP contribution is -2.52. The van der Waals surface area contributed by atoms with Gasteiger partial charge in [-0.05, 0) is 270 Å². The lowest BCUT2D eigenvalue weighted by molar-refractivity contribution is -0.190. The van der Waals surface area contributed by atoms with Gasteiger partial charge in [0.15, 0.2) is 26.2 Å². The van der Waals surface area contributed by atoms with Gasteiger partial charge in [-0.15, -0.1) is 0 Å². The topological polar surface area (TPSA) is 73.8 Å². The quantitative estimate of drug-likeness (QED) is 0.0362. The van der Waals surface area contributed by atoms with E-state index in [-0.39, 0.29) is 62.7 Å². The van der Waals surface area contributed by atoms with Crippen LogP contribution in [0.3, 0.4) is 0 Å². The Kier molecular flexibility index (Phi) is 38.0. The highest BCUT2D eigenvalue weighted by molar-refractivity contribution is 5.32. The molecule has 526 valence electrons. The molecule has 8 aliphatic rings. The average Bonchev–Trinajstić information content (AvgIpc) is 0.763. The molecule has 5 aromatic rings. The van der Waals surface area contributed by atoms with Gasteiger partial charge in [0, 0.05) is 0 Å². The van der Waals surface area contributed by atoms with Crippen LogP contribution in [0.2, 0.25) is 0 Å². The van der Waals surface area contributed by atoms with E-state index in [1.807, 2.05) is 56.3 Å². The second-order valence-corrected chi connectivity index (χ2v) is 28.3. The van der Waals surface area contributed by atoms with Gasteiger partial charge >= 0.3 is 0 Å². The molecular weight excluding hydrogens is 1150 g/mol. The number of benzene rings is 5. The zero-order valence-electron chi connectivity index (χ0n) is 56.0. The zero-order valence-corrected chi connectivity index (χ0v) is 56.0. The van der Waals surface area contributed by atoms with Crippen molar-refractivity contribution in [3.63, 3.8) is 0 Å². The first-order valence-electron chi connectivity index (χ1n) is 34.5. The molecule has 6 atom stereocenters. The van der Waals surface area contributed by atoms with Gasteiger partial charge in [0.25, 0.3) is 0 Å². The lowest BCUT2D eigenvalue weighted by atomic mass is 9.50. The molecule has 0 spiro atoms. The van der Waals surface area contributed by atoms with Crippen molar-refractivity contribution in [1.29, 1.82) is 0 Å². The first-order chi connectivity index (χ1) is 42.0. The maximum absolute atomic E-state index is 6.32. The highest BCUT2D eigenvalue weighted by Crippen LogP contribution is 2.60. The van der Waals surface area contributed by atoms with Crippen LogP contribution >= 0.6 is 0 Å². The molecule has 0 radical (unpaired) electrons. The molecule has 93 heavy (non-hydrogen) atoms. The molecule has 8 fully saturated rings. The highest BCUT2D eigenvalue weighted by atomic mass is 16.7. The van der Waals surface area contributed by atoms with Crippen molar-refractivity contribution in [3.8, 4) is 23.0 Å². The third kappa shape index (κ3) is 26.2. The van der Waals surface area contributed by atoms with Crippen LogP contribution in [0, 0.1) is 46.8 Å². The fourth-order valence-corrected chi connectivity index (χ4v) is 15.5. The Morgan fingerprint density at radius 2 is 0.720 bits per heavy atom. The van der Waals surface area contributed by atoms with Gasteiger partial charge in [-0.1, -0.05) is 193 Å². The van der Waals surface area contributed by atoms with Crippen LogP contribution in [0.25, 0.3) is 0 Å². The molecule has 0 saturated heterocycles. The van der Waals surface area contributed by atoms with Gasteiger partial charge in [0.2, 0.25) is 0 Å². The number of hydrogen-bond acceptors (Lipinski definition) is 8. The van der Waals surface area contributed by atoms with Crippen molar-refractivity contribution in [2.45, 2.75) is 279 Å². The average molecular weight is 1290 g/mol. The van der Waals surface area contributed by atoms with Crippen molar-refractivity contribution >= 4 is 0 Å². The summed E-state index contributed by atoms with van der Waals surface area (Å²) < 4.78 is 46.8. The Morgan fingerprint density at radius 1 is 0.387 bits per heavy atom. The number of hydrogen-bond donors (Lipinski definition) is 0. The normalized spacial score (nSPS) is 24.1. The second-order valence-electron chi connectivity index (χ2n) is 28.3. The van der Waals surface area contributed by atoms with E-state index in [1.54, 1.807) is 0 Å². The van der Waals surface area contributed by atoms with Crippen molar-refractivity contribution in [2.24, 2.45) is 46.8 Å². The molecule has 8 bridgehead atoms. The summed E-state index contributed by atoms with van der Waals surface area (Å²) in [6.07, 6.45) is 22.0. The van der Waals surface area contributed by atoms with Gasteiger partial charge in [-0.2, -0.15) is 0 Å². The van der Waals surface area contributed by atoms with E-state index < -0.39 is 0 Å². The van der Waals surface area contributed by atoms with E-state index >= 15 is 0 Å². The summed E-state index contributed by atoms with van der Waals surface area (Å²) in [7, 11) is 0. The molecular formula is C85H138O8. The standard InChI is InChI=1S/C22H32O2.C21H30O2.C20H26O2.C16H26O2.6CH4/c1-3-16(2)20-4-6-21(7-5-20)24-15-23-14-22-11-17-8-18(12-22)10-19(9-17)13-22;1-3-15(2)19-4-6-20(7-5-19)22-14-23-21-11-16-8-17(12-21)10-18(9-16)13-21;1-4-16(2)19-10-12-20(13-11-19)22-17(3)21-15-14-18-8-6-5-7-9-18;1-6-13(4)15-7-9-16(10-8-15)18-14(5)17-11-12(2)3;;;;;;/h4-7,16-19H,3,8-15H2,1-2H3;4-7,15-18H,3,8-14H2,1-2H3;5-13,16-17H,4,14-15H2,1-3H3;7-10,12-14H,6,11H2,1-5H3;6*1H4. The van der Waals surface area contributed by atoms with E-state index in [0.29, 0.717) is 55.2 Å². The largest absolute Gasteiger partial charge is 0.468 e. The molecule has 8 aliphatic carbocycles. The third-order valence-corrected chi connectivity index (χ3v) is 20.6. The summed E-state index contributed by atoms with van der Waals surface area (Å²) >= 11 is 0. The Balaban J connectivity index is 0.000000416. The Labute approximate surface area is 572 Å². The third-order valence-electron chi connectivity index (χ3n) is 20.6. The van der Waals surface area contributed by atoms with Gasteiger partial charge in [-0.25, -0.2) is 0 Å². The van der Waals surface area contributed by atoms with Gasteiger partial charge in [0.1, 0.15) is 23.0 Å². The fraction of sp³-hybridized carbons (Fsp3) is 0.647. The molecule has 0 amide bonds. The van der Waals surface area contributed by atoms with Crippen LogP contribution in [0.5, 0.6) is 23.0 Å². The number of ether oxygens (including phenoxy) is 8. The Morgan fingerprint density at radius 3 is 1.08 bits per heavy atom. The summed E-state index contributed by atoms with van der Waals surface area (Å²) in [5.41, 5.74) is 7.41. The molecule has 13 rings (SSSR count). The molecule has 5 aromatic carbocycles. The monoisotopic (exact) mass is 1290 g/mol. The molecule has 8 saturated carbocycles. The molecule has 6 unspecified atom stereocenters. The van der Waals surface area contributed by atoms with Crippen molar-refractivity contribution < 1.29 is 37.9 Å². The minimum atomic E-state index is -0.238. The van der Waals surface area contributed by atoms with Gasteiger partial charge < -0.3 is 37.9 Å². The summed E-state index contributed by atoms with van der Waals surface area (Å²) in [6, 6.07) is 44.1. The zero-order chi connectivity index (χ0) is 61.8. The van der Waals surface area contributed by atoms with E-state index in [4.69, 9.17) is 37.9 Å². The second kappa shape index (κ2) is 42.0. The van der Waals surface area contributed by atoms with Crippen molar-refractivity contribution in [1.82, 2.24) is 0 Å². The molecule has 8 nitrogen and oxygen atoms in total. The number of rotatable bonds is 28. The maximum Gasteiger partial charge on any atom is 0.196 e. The summed E-state index contributed by atoms with van der Waals surface area (Å²) in [5.74, 6) is 12.3. The molecule has 0 N–H and O–H groups in total. The predicted octanol–water partition coefficient (Wildman–Crippen LogP) is 24.9. The molecule has 8 heteroatoms. The maximum atomic E-state index is 6.32. The molecule has 0 aromatic heterocycles. The first-order valence-corrected chi connectivity index (χ1v) is 34.5. The first kappa shape index (κ1) is 84.2. The Bertz CT molecular complexity index is 2610. The van der Waals surface area contributed by atoms with Crippen molar-refractivity contribution in [3.05, 3.63) is 155 Å². The minimum Gasteiger partial charge on any atom is -0.468 e. The van der Waals surface area contributed by atoms with Crippen molar-refractivity contribution in [2.75, 3.05) is 33.4 Å². The molecule has 0 heterocycles. The fourth-order valence-electron chi connectivity index (χ4n) is 15.5. The van der Waals surface area contributed by atoms with Gasteiger partial charge in [0.05, 0.1) is 25.4 Å². The summed E-state index contributed by atoms with van der Waals surface area (Å²) in [5, 5.41) is 0. The minimum absolute atomic E-state index is 0. The lowest BCUT2D eigenvalue weighted by Gasteiger charge is -2.56. The predicted molar refractivity (Wildman–Crippen MR) is 398 cm³/mol. The highest BCUT2D eigenvalue weighted by Gasteiger charge is 2.52. The van der Waals surface area contributed by atoms with Crippen LogP contribution in [-0.4, -0.2) is 51.6 Å². The van der Waals surface area contributed by atoms with Crippen LogP contribution < -0.4 is 18.9 Å². The SMILES string of the molecule is C.C.C.C.C.C.CCC(C)c1ccc(OC(C)OCC(C)C)cc1.CCC(C)c1ccc(OC(C)OCCc2ccccc2)cc1.CCC(C)c1ccc(OCOC23CC4CC(CC(C4)C2)C3)cc1.CCC(C)c1ccc(OCOCC23CC4CC(CC(C4)C2)C3)cc1. The van der Waals surface area contributed by atoms with Crippen LogP contribution in [-0.2, 0) is 25.4 Å². The summed E-state index contributed by atoms with van der Waals surface area (Å²) in [4.78, 5) is 0. The van der Waals surface area contributed by atoms with Crippen LogP contribution in [0.1, 0.15) is 282 Å². The smallest absolute Gasteiger partial charge is 0.196 e. The Hall–Kier alpha value is -4.86. The van der Waals surface area contributed by atoms with Crippen LogP contribution in [0.4, 0.5) is 0 Å². The van der Waals surface area contributed by atoms with E-state index in [0.717, 1.165) is 91.0 Å². The summed E-state index contributed by atoms with van der Waals surface area (Å²) in [6.45, 7) is 29.1.